The summed E-state index contributed by atoms with van der Waals surface area (Å²) < 4.78 is 5.35. The van der Waals surface area contributed by atoms with Crippen molar-refractivity contribution in [2.24, 2.45) is 0 Å². The van der Waals surface area contributed by atoms with Gasteiger partial charge in [0.2, 0.25) is 5.78 Å². The first-order chi connectivity index (χ1) is 10.9. The molecule has 1 aromatic heterocycles. The third-order valence-corrected chi connectivity index (χ3v) is 4.11. The van der Waals surface area contributed by atoms with E-state index < -0.39 is 0 Å². The van der Waals surface area contributed by atoms with Crippen molar-refractivity contribution in [2.75, 3.05) is 12.4 Å². The molecule has 0 saturated carbocycles. The van der Waals surface area contributed by atoms with Crippen molar-refractivity contribution in [3.63, 3.8) is 0 Å². The lowest BCUT2D eigenvalue weighted by molar-refractivity contribution is 0.0750. The standard InChI is InChI=1S/C18H20BrNO3/c1-12(2)14-6-4-5-13(9-14)11-20(3)18(22)17-8-7-16(23-17)15(21)10-19/h4-9,12H,10-11H2,1-3H3. The molecular weight excluding hydrogens is 358 g/mol. The first kappa shape index (κ1) is 17.5. The molecule has 0 aliphatic heterocycles. The molecule has 1 aromatic carbocycles. The number of carbonyl (C=O) groups is 2. The molecule has 0 aliphatic rings. The van der Waals surface area contributed by atoms with Gasteiger partial charge in [0.15, 0.2) is 11.5 Å². The Morgan fingerprint density at radius 1 is 1.17 bits per heavy atom. The van der Waals surface area contributed by atoms with Crippen molar-refractivity contribution in [3.05, 3.63) is 59.0 Å². The van der Waals surface area contributed by atoms with E-state index in [0.29, 0.717) is 12.5 Å². The molecule has 0 fully saturated rings. The molecule has 0 spiro atoms. The van der Waals surface area contributed by atoms with Gasteiger partial charge < -0.3 is 9.32 Å². The van der Waals surface area contributed by atoms with Gasteiger partial charge in [-0.15, -0.1) is 0 Å². The van der Waals surface area contributed by atoms with Crippen LogP contribution in [0.2, 0.25) is 0 Å². The van der Waals surface area contributed by atoms with Gasteiger partial charge in [-0.25, -0.2) is 0 Å². The van der Waals surface area contributed by atoms with Crippen LogP contribution in [-0.2, 0) is 6.54 Å². The number of halogens is 1. The average Bonchev–Trinajstić information content (AvgIpc) is 3.03. The van der Waals surface area contributed by atoms with Crippen LogP contribution in [-0.4, -0.2) is 29.0 Å². The molecule has 0 radical (unpaired) electrons. The summed E-state index contributed by atoms with van der Waals surface area (Å²) in [6.45, 7) is 4.76. The van der Waals surface area contributed by atoms with Gasteiger partial charge in [0.05, 0.1) is 5.33 Å². The lowest BCUT2D eigenvalue weighted by Crippen LogP contribution is -2.25. The number of hydrogen-bond acceptors (Lipinski definition) is 3. The number of alkyl halides is 1. The number of Topliss-reactive ketones (excluding diaryl/α,β-unsaturated/α-hetero) is 1. The molecular formula is C18H20BrNO3. The summed E-state index contributed by atoms with van der Waals surface area (Å²) in [4.78, 5) is 25.5. The van der Waals surface area contributed by atoms with E-state index >= 15 is 0 Å². The topological polar surface area (TPSA) is 50.5 Å². The van der Waals surface area contributed by atoms with E-state index in [4.69, 9.17) is 4.42 Å². The van der Waals surface area contributed by atoms with Crippen molar-refractivity contribution in [2.45, 2.75) is 26.3 Å². The molecule has 0 aliphatic carbocycles. The van der Waals surface area contributed by atoms with Crippen LogP contribution in [0.1, 0.15) is 52.0 Å². The number of amides is 1. The van der Waals surface area contributed by atoms with Crippen LogP contribution < -0.4 is 0 Å². The molecule has 23 heavy (non-hydrogen) atoms. The molecule has 4 nitrogen and oxygen atoms in total. The number of hydrogen-bond donors (Lipinski definition) is 0. The van der Waals surface area contributed by atoms with Crippen LogP contribution in [0.4, 0.5) is 0 Å². The molecule has 2 rings (SSSR count). The van der Waals surface area contributed by atoms with Crippen molar-refractivity contribution < 1.29 is 14.0 Å². The third-order valence-electron chi connectivity index (χ3n) is 3.60. The van der Waals surface area contributed by atoms with Gasteiger partial charge in [0.1, 0.15) is 0 Å². The smallest absolute Gasteiger partial charge is 0.289 e. The second kappa shape index (κ2) is 7.59. The number of benzene rings is 1. The van der Waals surface area contributed by atoms with Gasteiger partial charge in [-0.2, -0.15) is 0 Å². The fourth-order valence-electron chi connectivity index (χ4n) is 2.25. The first-order valence-electron chi connectivity index (χ1n) is 7.45. The van der Waals surface area contributed by atoms with Crippen LogP contribution in [0.25, 0.3) is 0 Å². The summed E-state index contributed by atoms with van der Waals surface area (Å²) in [5.41, 5.74) is 2.31. The highest BCUT2D eigenvalue weighted by Crippen LogP contribution is 2.18. The number of rotatable bonds is 6. The maximum Gasteiger partial charge on any atom is 0.289 e. The van der Waals surface area contributed by atoms with E-state index in [1.54, 1.807) is 18.0 Å². The number of ketones is 1. The first-order valence-corrected chi connectivity index (χ1v) is 8.57. The maximum absolute atomic E-state index is 12.4. The number of nitrogens with zero attached hydrogens (tertiary/aromatic N) is 1. The molecule has 122 valence electrons. The van der Waals surface area contributed by atoms with E-state index in [9.17, 15) is 9.59 Å². The minimum atomic E-state index is -0.242. The second-order valence-electron chi connectivity index (χ2n) is 5.78. The molecule has 1 amide bonds. The fraction of sp³-hybridized carbons (Fsp3) is 0.333. The Hall–Kier alpha value is -1.88. The lowest BCUT2D eigenvalue weighted by atomic mass is 10.0. The Labute approximate surface area is 144 Å². The lowest BCUT2D eigenvalue weighted by Gasteiger charge is -2.17. The van der Waals surface area contributed by atoms with Gasteiger partial charge in [0, 0.05) is 13.6 Å². The Balaban J connectivity index is 2.09. The molecule has 2 aromatic rings. The summed E-state index contributed by atoms with van der Waals surface area (Å²) in [6, 6.07) is 11.3. The Morgan fingerprint density at radius 3 is 2.52 bits per heavy atom. The number of carbonyl (C=O) groups excluding carboxylic acids is 2. The fourth-order valence-corrected chi connectivity index (χ4v) is 2.53. The van der Waals surface area contributed by atoms with E-state index in [0.717, 1.165) is 5.56 Å². The van der Waals surface area contributed by atoms with Gasteiger partial charge in [-0.05, 0) is 29.2 Å². The highest BCUT2D eigenvalue weighted by Gasteiger charge is 2.18. The van der Waals surface area contributed by atoms with Crippen LogP contribution >= 0.6 is 15.9 Å². The molecule has 0 atom stereocenters. The summed E-state index contributed by atoms with van der Waals surface area (Å²) in [5.74, 6) is 0.390. The molecule has 5 heteroatoms. The van der Waals surface area contributed by atoms with E-state index in [-0.39, 0.29) is 28.5 Å². The summed E-state index contributed by atoms with van der Waals surface area (Å²) in [6.07, 6.45) is 0. The van der Waals surface area contributed by atoms with Gasteiger partial charge in [0.25, 0.3) is 5.91 Å². The SMILES string of the molecule is CC(C)c1cccc(CN(C)C(=O)c2ccc(C(=O)CBr)o2)c1. The minimum absolute atomic E-state index is 0.173. The van der Waals surface area contributed by atoms with Crippen LogP contribution in [0.5, 0.6) is 0 Å². The van der Waals surface area contributed by atoms with Crippen molar-refractivity contribution >= 4 is 27.6 Å². The molecule has 1 heterocycles. The molecule has 0 N–H and O–H groups in total. The normalized spacial score (nSPS) is 10.8. The van der Waals surface area contributed by atoms with Crippen LogP contribution in [0, 0.1) is 0 Å². The van der Waals surface area contributed by atoms with Gasteiger partial charge in [-0.1, -0.05) is 54.0 Å². The van der Waals surface area contributed by atoms with Crippen molar-refractivity contribution in [3.8, 4) is 0 Å². The highest BCUT2D eigenvalue weighted by atomic mass is 79.9. The van der Waals surface area contributed by atoms with Crippen molar-refractivity contribution in [1.82, 2.24) is 4.90 Å². The third kappa shape index (κ3) is 4.32. The van der Waals surface area contributed by atoms with Crippen LogP contribution in [0.15, 0.2) is 40.8 Å². The molecule has 0 unspecified atom stereocenters. The largest absolute Gasteiger partial charge is 0.448 e. The molecule has 0 saturated heterocycles. The predicted octanol–water partition coefficient (Wildman–Crippen LogP) is 4.25. The van der Waals surface area contributed by atoms with Gasteiger partial charge >= 0.3 is 0 Å². The monoisotopic (exact) mass is 377 g/mol. The van der Waals surface area contributed by atoms with E-state index in [1.807, 2.05) is 12.1 Å². The van der Waals surface area contributed by atoms with E-state index in [2.05, 4.69) is 41.9 Å². The summed E-state index contributed by atoms with van der Waals surface area (Å²) >= 11 is 3.08. The Bertz CT molecular complexity index is 706. The number of furan rings is 1. The van der Waals surface area contributed by atoms with Gasteiger partial charge in [-0.3, -0.25) is 9.59 Å². The summed E-state index contributed by atoms with van der Waals surface area (Å²) in [5, 5.41) is 0.173. The zero-order valence-electron chi connectivity index (χ0n) is 13.5. The minimum Gasteiger partial charge on any atom is -0.448 e. The maximum atomic E-state index is 12.4. The second-order valence-corrected chi connectivity index (χ2v) is 6.34. The summed E-state index contributed by atoms with van der Waals surface area (Å²) in [7, 11) is 1.72. The average molecular weight is 378 g/mol. The highest BCUT2D eigenvalue weighted by molar-refractivity contribution is 9.09. The predicted molar refractivity (Wildman–Crippen MR) is 93.2 cm³/mol. The Kier molecular flexibility index (Phi) is 5.77. The Morgan fingerprint density at radius 2 is 1.87 bits per heavy atom. The quantitative estimate of drug-likeness (QED) is 0.558. The van der Waals surface area contributed by atoms with Crippen LogP contribution in [0.3, 0.4) is 0 Å². The zero-order chi connectivity index (χ0) is 17.0. The molecule has 0 bridgehead atoms. The van der Waals surface area contributed by atoms with Crippen molar-refractivity contribution in [1.29, 1.82) is 0 Å². The van der Waals surface area contributed by atoms with E-state index in [1.165, 1.54) is 11.6 Å². The zero-order valence-corrected chi connectivity index (χ0v) is 15.1.